The summed E-state index contributed by atoms with van der Waals surface area (Å²) in [6.07, 6.45) is 3.75. The largest absolute Gasteiger partial charge is 0.467 e. The van der Waals surface area contributed by atoms with E-state index < -0.39 is 0 Å². The number of rotatable bonds is 5. The van der Waals surface area contributed by atoms with Crippen molar-refractivity contribution in [2.45, 2.75) is 19.5 Å². The Morgan fingerprint density at radius 1 is 1.41 bits per heavy atom. The van der Waals surface area contributed by atoms with Gasteiger partial charge in [-0.1, -0.05) is 11.6 Å². The van der Waals surface area contributed by atoms with Crippen molar-refractivity contribution in [2.75, 3.05) is 7.05 Å². The summed E-state index contributed by atoms with van der Waals surface area (Å²) < 4.78 is 7.07. The lowest BCUT2D eigenvalue weighted by Gasteiger charge is -2.15. The monoisotopic (exact) mass is 317 g/mol. The minimum atomic E-state index is 0.0500. The molecule has 1 aromatic carbocycles. The molecule has 0 aliphatic heterocycles. The summed E-state index contributed by atoms with van der Waals surface area (Å²) in [6, 6.07) is 9.28. The predicted octanol–water partition coefficient (Wildman–Crippen LogP) is 3.33. The fourth-order valence-corrected chi connectivity index (χ4v) is 2.53. The maximum Gasteiger partial charge on any atom is 0.224 e. The van der Waals surface area contributed by atoms with Crippen molar-refractivity contribution in [1.29, 1.82) is 0 Å². The van der Waals surface area contributed by atoms with E-state index in [9.17, 15) is 4.79 Å². The van der Waals surface area contributed by atoms with Crippen molar-refractivity contribution >= 4 is 28.4 Å². The van der Waals surface area contributed by atoms with E-state index in [1.165, 1.54) is 0 Å². The Morgan fingerprint density at radius 3 is 3.05 bits per heavy atom. The number of halogens is 1. The van der Waals surface area contributed by atoms with Crippen LogP contribution in [0.3, 0.4) is 0 Å². The molecule has 0 aliphatic rings. The van der Waals surface area contributed by atoms with Crippen LogP contribution in [0.2, 0.25) is 5.02 Å². The lowest BCUT2D eigenvalue weighted by atomic mass is 10.2. The second-order valence-electron chi connectivity index (χ2n) is 5.15. The first-order valence-electron chi connectivity index (χ1n) is 7.01. The third-order valence-electron chi connectivity index (χ3n) is 3.54. The second-order valence-corrected chi connectivity index (χ2v) is 5.59. The molecule has 0 aliphatic carbocycles. The molecule has 0 spiro atoms. The molecule has 0 saturated heterocycles. The van der Waals surface area contributed by atoms with E-state index in [0.29, 0.717) is 24.5 Å². The van der Waals surface area contributed by atoms with Gasteiger partial charge in [0.1, 0.15) is 5.76 Å². The molecule has 0 radical (unpaired) electrons. The molecule has 1 amide bonds. The topological polar surface area (TPSA) is 51.3 Å². The normalized spacial score (nSPS) is 11.0. The molecule has 6 heteroatoms. The highest BCUT2D eigenvalue weighted by atomic mass is 35.5. The van der Waals surface area contributed by atoms with E-state index in [2.05, 4.69) is 5.10 Å². The van der Waals surface area contributed by atoms with Crippen molar-refractivity contribution in [2.24, 2.45) is 0 Å². The smallest absolute Gasteiger partial charge is 0.224 e. The van der Waals surface area contributed by atoms with Crippen LogP contribution in [0.15, 0.2) is 47.2 Å². The standard InChI is InChI=1S/C16H16ClN3O2/c1-19(11-14-3-2-8-22-14)16(21)6-7-20-15-5-4-13(17)9-12(15)10-18-20/h2-5,8-10H,6-7,11H2,1H3. The van der Waals surface area contributed by atoms with Crippen LogP contribution in [0, 0.1) is 0 Å². The highest BCUT2D eigenvalue weighted by Crippen LogP contribution is 2.19. The average Bonchev–Trinajstić information content (AvgIpc) is 3.13. The molecule has 0 unspecified atom stereocenters. The van der Waals surface area contributed by atoms with Crippen LogP contribution >= 0.6 is 11.6 Å². The van der Waals surface area contributed by atoms with Gasteiger partial charge in [-0.2, -0.15) is 5.10 Å². The van der Waals surface area contributed by atoms with Crippen molar-refractivity contribution in [3.05, 3.63) is 53.6 Å². The van der Waals surface area contributed by atoms with Gasteiger partial charge < -0.3 is 9.32 Å². The number of benzene rings is 1. The van der Waals surface area contributed by atoms with E-state index in [-0.39, 0.29) is 5.91 Å². The Labute approximate surface area is 133 Å². The van der Waals surface area contributed by atoms with Crippen LogP contribution in [0.4, 0.5) is 0 Å². The van der Waals surface area contributed by atoms with Crippen molar-refractivity contribution in [1.82, 2.24) is 14.7 Å². The number of nitrogens with zero attached hydrogens (tertiary/aromatic N) is 3. The summed E-state index contributed by atoms with van der Waals surface area (Å²) in [7, 11) is 1.77. The summed E-state index contributed by atoms with van der Waals surface area (Å²) in [6.45, 7) is 1.01. The lowest BCUT2D eigenvalue weighted by molar-refractivity contribution is -0.130. The minimum Gasteiger partial charge on any atom is -0.467 e. The second kappa shape index (κ2) is 6.23. The molecule has 0 bridgehead atoms. The number of hydrogen-bond donors (Lipinski definition) is 0. The van der Waals surface area contributed by atoms with Gasteiger partial charge in [-0.25, -0.2) is 0 Å². The zero-order valence-corrected chi connectivity index (χ0v) is 13.0. The summed E-state index contributed by atoms with van der Waals surface area (Å²) in [4.78, 5) is 13.8. The fraction of sp³-hybridized carbons (Fsp3) is 0.250. The molecular formula is C16H16ClN3O2. The van der Waals surface area contributed by atoms with Gasteiger partial charge in [0.15, 0.2) is 0 Å². The van der Waals surface area contributed by atoms with Crippen molar-refractivity contribution in [3.63, 3.8) is 0 Å². The first-order chi connectivity index (χ1) is 10.6. The Kier molecular flexibility index (Phi) is 4.15. The predicted molar refractivity (Wildman–Crippen MR) is 84.5 cm³/mol. The fourth-order valence-electron chi connectivity index (χ4n) is 2.35. The number of carbonyl (C=O) groups is 1. The van der Waals surface area contributed by atoms with Crippen LogP contribution < -0.4 is 0 Å². The molecule has 0 fully saturated rings. The lowest BCUT2D eigenvalue weighted by Crippen LogP contribution is -2.27. The van der Waals surface area contributed by atoms with E-state index >= 15 is 0 Å². The van der Waals surface area contributed by atoms with Crippen LogP contribution in [-0.4, -0.2) is 27.6 Å². The van der Waals surface area contributed by atoms with Gasteiger partial charge in [0, 0.05) is 23.9 Å². The van der Waals surface area contributed by atoms with E-state index in [1.807, 2.05) is 35.0 Å². The minimum absolute atomic E-state index is 0.0500. The molecule has 5 nitrogen and oxygen atoms in total. The van der Waals surface area contributed by atoms with Crippen molar-refractivity contribution in [3.8, 4) is 0 Å². The van der Waals surface area contributed by atoms with E-state index in [4.69, 9.17) is 16.0 Å². The third kappa shape index (κ3) is 3.14. The van der Waals surface area contributed by atoms with Crippen LogP contribution in [0.1, 0.15) is 12.2 Å². The molecular weight excluding hydrogens is 302 g/mol. The molecule has 0 N–H and O–H groups in total. The highest BCUT2D eigenvalue weighted by molar-refractivity contribution is 6.31. The molecule has 2 heterocycles. The number of carbonyl (C=O) groups excluding carboxylic acids is 1. The van der Waals surface area contributed by atoms with Gasteiger partial charge in [0.25, 0.3) is 0 Å². The van der Waals surface area contributed by atoms with Gasteiger partial charge in [0.2, 0.25) is 5.91 Å². The summed E-state index contributed by atoms with van der Waals surface area (Å²) >= 11 is 5.96. The first-order valence-corrected chi connectivity index (χ1v) is 7.39. The average molecular weight is 318 g/mol. The maximum absolute atomic E-state index is 12.2. The van der Waals surface area contributed by atoms with Gasteiger partial charge in [-0.3, -0.25) is 9.48 Å². The molecule has 114 valence electrons. The number of fused-ring (bicyclic) bond motifs is 1. The van der Waals surface area contributed by atoms with Gasteiger partial charge in [0.05, 0.1) is 31.1 Å². The van der Waals surface area contributed by atoms with Crippen LogP contribution in [0.5, 0.6) is 0 Å². The van der Waals surface area contributed by atoms with Crippen LogP contribution in [0.25, 0.3) is 10.9 Å². The quantitative estimate of drug-likeness (QED) is 0.725. The van der Waals surface area contributed by atoms with Crippen molar-refractivity contribution < 1.29 is 9.21 Å². The number of aromatic nitrogens is 2. The molecule has 0 atom stereocenters. The van der Waals surface area contributed by atoms with Gasteiger partial charge >= 0.3 is 0 Å². The molecule has 2 aromatic heterocycles. The Bertz CT molecular complexity index is 780. The number of furan rings is 1. The molecule has 3 aromatic rings. The van der Waals surface area contributed by atoms with Gasteiger partial charge in [-0.15, -0.1) is 0 Å². The van der Waals surface area contributed by atoms with E-state index in [1.54, 1.807) is 24.4 Å². The van der Waals surface area contributed by atoms with Gasteiger partial charge in [-0.05, 0) is 30.3 Å². The Balaban J connectivity index is 1.62. The third-order valence-corrected chi connectivity index (χ3v) is 3.78. The van der Waals surface area contributed by atoms with E-state index in [0.717, 1.165) is 16.7 Å². The highest BCUT2D eigenvalue weighted by Gasteiger charge is 2.12. The summed E-state index contributed by atoms with van der Waals surface area (Å²) in [5.74, 6) is 0.823. The SMILES string of the molecule is CN(Cc1ccco1)C(=O)CCn1ncc2cc(Cl)ccc21. The zero-order valence-electron chi connectivity index (χ0n) is 12.2. The summed E-state index contributed by atoms with van der Waals surface area (Å²) in [5.41, 5.74) is 0.978. The molecule has 0 saturated carbocycles. The number of hydrogen-bond acceptors (Lipinski definition) is 3. The zero-order chi connectivity index (χ0) is 15.5. The number of amides is 1. The first kappa shape index (κ1) is 14.7. The Morgan fingerprint density at radius 2 is 2.27 bits per heavy atom. The maximum atomic E-state index is 12.2. The number of aryl methyl sites for hydroxylation is 1. The van der Waals surface area contributed by atoms with Crippen LogP contribution in [-0.2, 0) is 17.9 Å². The summed E-state index contributed by atoms with van der Waals surface area (Å²) in [5, 5.41) is 5.97. The Hall–Kier alpha value is -2.27. The molecule has 22 heavy (non-hydrogen) atoms. The molecule has 3 rings (SSSR count).